The van der Waals surface area contributed by atoms with Gasteiger partial charge in [0.1, 0.15) is 5.76 Å². The summed E-state index contributed by atoms with van der Waals surface area (Å²) in [6.45, 7) is 0.228. The minimum Gasteiger partial charge on any atom is -0.467 e. The second kappa shape index (κ2) is 9.82. The van der Waals surface area contributed by atoms with E-state index in [0.717, 1.165) is 12.8 Å². The Morgan fingerprint density at radius 1 is 0.938 bits per heavy atom. The number of carbonyl (C=O) groups is 3. The number of hydrogen-bond acceptors (Lipinski definition) is 5. The zero-order valence-electron chi connectivity index (χ0n) is 17.4. The number of carbonyl (C=O) groups excluding carboxylic acids is 3. The fraction of sp³-hybridized carbons (Fsp3) is 0.208. The molecule has 8 heteroatoms. The van der Waals surface area contributed by atoms with E-state index in [9.17, 15) is 14.4 Å². The topological polar surface area (TPSA) is 112 Å². The molecule has 164 valence electrons. The van der Waals surface area contributed by atoms with Crippen LogP contribution in [-0.4, -0.2) is 30.3 Å². The number of hydrogen-bond donors (Lipinski definition) is 4. The molecule has 1 aliphatic carbocycles. The molecule has 1 fully saturated rings. The van der Waals surface area contributed by atoms with Crippen LogP contribution in [0.15, 0.2) is 71.3 Å². The van der Waals surface area contributed by atoms with Gasteiger partial charge in [0.05, 0.1) is 24.9 Å². The van der Waals surface area contributed by atoms with E-state index >= 15 is 0 Å². The number of furan rings is 1. The Morgan fingerprint density at radius 2 is 1.78 bits per heavy atom. The zero-order valence-corrected chi connectivity index (χ0v) is 17.4. The highest BCUT2D eigenvalue weighted by molar-refractivity contribution is 6.01. The number of anilines is 2. The smallest absolute Gasteiger partial charge is 0.253 e. The van der Waals surface area contributed by atoms with E-state index in [1.165, 1.54) is 0 Å². The van der Waals surface area contributed by atoms with Crippen LogP contribution in [0.3, 0.4) is 0 Å². The SMILES string of the molecule is O=C(CNc1ccccc1C(=O)NCc1ccco1)Nc1cccc(C(=O)NC2CC2)c1. The number of nitrogens with one attached hydrogen (secondary N) is 4. The maximum Gasteiger partial charge on any atom is 0.253 e. The zero-order chi connectivity index (χ0) is 22.3. The third kappa shape index (κ3) is 5.75. The summed E-state index contributed by atoms with van der Waals surface area (Å²) in [6, 6.07) is 17.6. The summed E-state index contributed by atoms with van der Waals surface area (Å²) in [4.78, 5) is 37.2. The van der Waals surface area contributed by atoms with Gasteiger partial charge in [-0.3, -0.25) is 14.4 Å². The molecule has 0 unspecified atom stereocenters. The molecule has 2 aromatic carbocycles. The molecule has 1 aliphatic rings. The van der Waals surface area contributed by atoms with Crippen molar-refractivity contribution < 1.29 is 18.8 Å². The fourth-order valence-electron chi connectivity index (χ4n) is 3.13. The average Bonchev–Trinajstić information content (AvgIpc) is 3.46. The van der Waals surface area contributed by atoms with E-state index in [1.807, 2.05) is 0 Å². The molecule has 1 saturated carbocycles. The summed E-state index contributed by atoms with van der Waals surface area (Å²) in [6.07, 6.45) is 3.57. The lowest BCUT2D eigenvalue weighted by atomic mass is 10.1. The van der Waals surface area contributed by atoms with Gasteiger partial charge in [-0.25, -0.2) is 0 Å². The van der Waals surface area contributed by atoms with Crippen LogP contribution in [-0.2, 0) is 11.3 Å². The van der Waals surface area contributed by atoms with Crippen LogP contribution in [0.5, 0.6) is 0 Å². The molecular weight excluding hydrogens is 408 g/mol. The van der Waals surface area contributed by atoms with Crippen LogP contribution in [0, 0.1) is 0 Å². The molecule has 1 heterocycles. The Kier molecular flexibility index (Phi) is 6.50. The molecule has 32 heavy (non-hydrogen) atoms. The first kappa shape index (κ1) is 21.2. The minimum atomic E-state index is -0.296. The lowest BCUT2D eigenvalue weighted by Gasteiger charge is -2.12. The quantitative estimate of drug-likeness (QED) is 0.415. The summed E-state index contributed by atoms with van der Waals surface area (Å²) in [5, 5.41) is 11.5. The van der Waals surface area contributed by atoms with Gasteiger partial charge in [-0.1, -0.05) is 18.2 Å². The summed E-state index contributed by atoms with van der Waals surface area (Å²) in [7, 11) is 0. The molecule has 3 amide bonds. The standard InChI is InChI=1S/C24H24N4O4/c29-22(27-18-6-3-5-16(13-18)23(30)28-17-10-11-17)15-25-21-9-2-1-8-20(21)24(31)26-14-19-7-4-12-32-19/h1-9,12-13,17,25H,10-11,14-15H2,(H,26,31)(H,27,29)(H,28,30). The van der Waals surface area contributed by atoms with Crippen molar-refractivity contribution in [1.82, 2.24) is 10.6 Å². The maximum absolute atomic E-state index is 12.5. The molecule has 3 aromatic rings. The van der Waals surface area contributed by atoms with Gasteiger partial charge in [-0.2, -0.15) is 0 Å². The third-order valence-electron chi connectivity index (χ3n) is 4.94. The Balaban J connectivity index is 1.32. The van der Waals surface area contributed by atoms with Crippen molar-refractivity contribution in [3.63, 3.8) is 0 Å². The van der Waals surface area contributed by atoms with E-state index in [4.69, 9.17) is 4.42 Å². The Morgan fingerprint density at radius 3 is 2.56 bits per heavy atom. The largest absolute Gasteiger partial charge is 0.467 e. The first-order chi connectivity index (χ1) is 15.6. The Labute approximate surface area is 185 Å². The number of amides is 3. The maximum atomic E-state index is 12.5. The van der Waals surface area contributed by atoms with Gasteiger partial charge in [-0.05, 0) is 55.3 Å². The van der Waals surface area contributed by atoms with Crippen LogP contribution in [0.25, 0.3) is 0 Å². The molecule has 0 atom stereocenters. The van der Waals surface area contributed by atoms with Crippen LogP contribution >= 0.6 is 0 Å². The Bertz CT molecular complexity index is 1110. The molecule has 0 radical (unpaired) electrons. The van der Waals surface area contributed by atoms with Crippen molar-refractivity contribution in [3.05, 3.63) is 83.8 Å². The van der Waals surface area contributed by atoms with E-state index in [-0.39, 0.29) is 36.9 Å². The van der Waals surface area contributed by atoms with Crippen molar-refractivity contribution in [3.8, 4) is 0 Å². The van der Waals surface area contributed by atoms with Crippen LogP contribution < -0.4 is 21.3 Å². The van der Waals surface area contributed by atoms with Crippen molar-refractivity contribution >= 4 is 29.1 Å². The van der Waals surface area contributed by atoms with Crippen molar-refractivity contribution in [2.24, 2.45) is 0 Å². The highest BCUT2D eigenvalue weighted by atomic mass is 16.3. The fourth-order valence-corrected chi connectivity index (χ4v) is 3.13. The van der Waals surface area contributed by atoms with Crippen LogP contribution in [0.2, 0.25) is 0 Å². The van der Waals surface area contributed by atoms with E-state index < -0.39 is 0 Å². The third-order valence-corrected chi connectivity index (χ3v) is 4.94. The molecule has 0 spiro atoms. The van der Waals surface area contributed by atoms with E-state index in [1.54, 1.807) is 66.9 Å². The van der Waals surface area contributed by atoms with Gasteiger partial charge in [-0.15, -0.1) is 0 Å². The molecular formula is C24H24N4O4. The normalized spacial score (nSPS) is 12.6. The monoisotopic (exact) mass is 432 g/mol. The molecule has 0 aliphatic heterocycles. The highest BCUT2D eigenvalue weighted by Crippen LogP contribution is 2.20. The summed E-state index contributed by atoms with van der Waals surface area (Å²) >= 11 is 0. The van der Waals surface area contributed by atoms with Crippen molar-refractivity contribution in [1.29, 1.82) is 0 Å². The minimum absolute atomic E-state index is 0.0407. The van der Waals surface area contributed by atoms with Crippen molar-refractivity contribution in [2.75, 3.05) is 17.2 Å². The van der Waals surface area contributed by atoms with Crippen LogP contribution in [0.4, 0.5) is 11.4 Å². The summed E-state index contributed by atoms with van der Waals surface area (Å²) < 4.78 is 5.22. The summed E-state index contributed by atoms with van der Waals surface area (Å²) in [5.41, 5.74) is 1.99. The van der Waals surface area contributed by atoms with Crippen LogP contribution in [0.1, 0.15) is 39.3 Å². The first-order valence-electron chi connectivity index (χ1n) is 10.4. The van der Waals surface area contributed by atoms with Gasteiger partial charge < -0.3 is 25.7 Å². The van der Waals surface area contributed by atoms with Gasteiger partial charge in [0, 0.05) is 23.0 Å². The second-order valence-electron chi connectivity index (χ2n) is 7.54. The van der Waals surface area contributed by atoms with E-state index in [2.05, 4.69) is 21.3 Å². The number of para-hydroxylation sites is 1. The van der Waals surface area contributed by atoms with Gasteiger partial charge in [0.25, 0.3) is 11.8 Å². The average molecular weight is 432 g/mol. The molecule has 1 aromatic heterocycles. The Hall–Kier alpha value is -4.07. The molecule has 8 nitrogen and oxygen atoms in total. The van der Waals surface area contributed by atoms with Gasteiger partial charge in [0.2, 0.25) is 5.91 Å². The molecule has 0 bridgehead atoms. The predicted molar refractivity (Wildman–Crippen MR) is 120 cm³/mol. The lowest BCUT2D eigenvalue weighted by molar-refractivity contribution is -0.114. The summed E-state index contributed by atoms with van der Waals surface area (Å²) in [5.74, 6) is -0.0674. The van der Waals surface area contributed by atoms with E-state index in [0.29, 0.717) is 28.3 Å². The van der Waals surface area contributed by atoms with Crippen molar-refractivity contribution in [2.45, 2.75) is 25.4 Å². The predicted octanol–water partition coefficient (Wildman–Crippen LogP) is 3.15. The number of rotatable bonds is 9. The molecule has 0 saturated heterocycles. The lowest BCUT2D eigenvalue weighted by Crippen LogP contribution is -2.27. The molecule has 4 N–H and O–H groups in total. The highest BCUT2D eigenvalue weighted by Gasteiger charge is 2.23. The molecule has 4 rings (SSSR count). The van der Waals surface area contributed by atoms with Gasteiger partial charge >= 0.3 is 0 Å². The number of benzene rings is 2. The first-order valence-corrected chi connectivity index (χ1v) is 10.4. The van der Waals surface area contributed by atoms with Gasteiger partial charge in [0.15, 0.2) is 0 Å². The second-order valence-corrected chi connectivity index (χ2v) is 7.54.